The largest absolute Gasteiger partial charge is 0.491 e. The van der Waals surface area contributed by atoms with Gasteiger partial charge in [0.1, 0.15) is 19.5 Å². The van der Waals surface area contributed by atoms with Crippen LogP contribution in [0.5, 0.6) is 5.75 Å². The maximum atomic E-state index is 13.2. The number of rotatable bonds is 10. The maximum absolute atomic E-state index is 13.2. The Balaban J connectivity index is 1.58. The lowest BCUT2D eigenvalue weighted by atomic mass is 10.1. The third kappa shape index (κ3) is 5.66. The number of fused-ring (bicyclic) bond motifs is 1. The number of nitrogens with zero attached hydrogens (tertiary/aromatic N) is 3. The molecule has 0 saturated carbocycles. The molecule has 0 atom stereocenters. The SMILES string of the molecule is COn1c(=O)c(-c2c(Cl)cccc2Cl)cc2cnc(Nc3ccc(OCCOCCN)cc3)nc21. The molecule has 182 valence electrons. The van der Waals surface area contributed by atoms with Gasteiger partial charge in [-0.1, -0.05) is 29.3 Å². The lowest BCUT2D eigenvalue weighted by Gasteiger charge is -2.13. The first-order chi connectivity index (χ1) is 17.0. The number of anilines is 2. The molecule has 35 heavy (non-hydrogen) atoms. The van der Waals surface area contributed by atoms with Crippen molar-refractivity contribution in [1.29, 1.82) is 0 Å². The summed E-state index contributed by atoms with van der Waals surface area (Å²) in [7, 11) is 1.38. The quantitative estimate of drug-likeness (QED) is 0.305. The van der Waals surface area contributed by atoms with Crippen LogP contribution in [0, 0.1) is 0 Å². The van der Waals surface area contributed by atoms with Gasteiger partial charge in [0.2, 0.25) is 5.95 Å². The molecule has 2 aromatic heterocycles. The highest BCUT2D eigenvalue weighted by Crippen LogP contribution is 2.33. The Bertz CT molecular complexity index is 1360. The summed E-state index contributed by atoms with van der Waals surface area (Å²) in [6.45, 7) is 1.88. The van der Waals surface area contributed by atoms with Gasteiger partial charge in [-0.25, -0.2) is 4.98 Å². The summed E-state index contributed by atoms with van der Waals surface area (Å²) >= 11 is 12.6. The number of aromatic nitrogens is 3. The lowest BCUT2D eigenvalue weighted by molar-refractivity contribution is 0.106. The summed E-state index contributed by atoms with van der Waals surface area (Å²) in [5, 5.41) is 4.39. The van der Waals surface area contributed by atoms with Crippen molar-refractivity contribution in [2.45, 2.75) is 0 Å². The molecule has 0 unspecified atom stereocenters. The second-order valence-electron chi connectivity index (χ2n) is 7.31. The second kappa shape index (κ2) is 11.4. The van der Waals surface area contributed by atoms with E-state index < -0.39 is 5.56 Å². The minimum absolute atomic E-state index is 0.281. The van der Waals surface area contributed by atoms with Crippen LogP contribution in [0.15, 0.2) is 59.5 Å². The van der Waals surface area contributed by atoms with E-state index in [9.17, 15) is 4.79 Å². The van der Waals surface area contributed by atoms with Crippen molar-refractivity contribution in [2.75, 3.05) is 38.8 Å². The average Bonchev–Trinajstić information content (AvgIpc) is 2.85. The Kier molecular flexibility index (Phi) is 8.04. The zero-order valence-electron chi connectivity index (χ0n) is 18.8. The molecule has 0 fully saturated rings. The zero-order valence-corrected chi connectivity index (χ0v) is 20.3. The molecule has 2 heterocycles. The summed E-state index contributed by atoms with van der Waals surface area (Å²) < 4.78 is 12.0. The van der Waals surface area contributed by atoms with Gasteiger partial charge in [-0.05, 0) is 42.5 Å². The third-order valence-electron chi connectivity index (χ3n) is 4.99. The van der Waals surface area contributed by atoms with Crippen molar-refractivity contribution in [3.05, 3.63) is 75.1 Å². The van der Waals surface area contributed by atoms with Crippen LogP contribution < -0.4 is 26.2 Å². The Morgan fingerprint density at radius 3 is 2.49 bits per heavy atom. The fraction of sp³-hybridized carbons (Fsp3) is 0.208. The number of ether oxygens (including phenoxy) is 2. The molecule has 0 saturated heterocycles. The molecule has 9 nitrogen and oxygen atoms in total. The lowest BCUT2D eigenvalue weighted by Crippen LogP contribution is -2.27. The van der Waals surface area contributed by atoms with E-state index in [1.807, 2.05) is 24.3 Å². The molecular formula is C24H23Cl2N5O4. The van der Waals surface area contributed by atoms with Crippen LogP contribution in [0.2, 0.25) is 10.0 Å². The zero-order chi connectivity index (χ0) is 24.8. The Labute approximate surface area is 211 Å². The molecule has 3 N–H and O–H groups in total. The van der Waals surface area contributed by atoms with Gasteiger partial charge in [-0.3, -0.25) is 4.79 Å². The predicted molar refractivity (Wildman–Crippen MR) is 137 cm³/mol. The highest BCUT2D eigenvalue weighted by Gasteiger charge is 2.18. The summed E-state index contributed by atoms with van der Waals surface area (Å²) in [6.07, 6.45) is 1.59. The van der Waals surface area contributed by atoms with E-state index in [0.717, 1.165) is 10.4 Å². The standard InChI is InChI=1S/C24H23Cl2N5O4/c1-33-31-22-15(13-18(23(31)32)21-19(25)3-2-4-20(21)26)14-28-24(30-22)29-16-5-7-17(8-6-16)35-12-11-34-10-9-27/h2-8,13-14H,9-12,27H2,1H3,(H,28,29,30). The van der Waals surface area contributed by atoms with Gasteiger partial charge in [0.05, 0.1) is 28.8 Å². The van der Waals surface area contributed by atoms with E-state index in [1.54, 1.807) is 30.5 Å². The normalized spacial score (nSPS) is 11.0. The summed E-state index contributed by atoms with van der Waals surface area (Å²) in [5.41, 5.74) is 6.66. The molecule has 4 aromatic rings. The maximum Gasteiger partial charge on any atom is 0.293 e. The fourth-order valence-electron chi connectivity index (χ4n) is 3.40. The van der Waals surface area contributed by atoms with Crippen molar-refractivity contribution in [3.63, 3.8) is 0 Å². The highest BCUT2D eigenvalue weighted by molar-refractivity contribution is 6.39. The molecule has 0 aliphatic rings. The van der Waals surface area contributed by atoms with Crippen molar-refractivity contribution < 1.29 is 14.3 Å². The van der Waals surface area contributed by atoms with Gasteiger partial charge >= 0.3 is 0 Å². The van der Waals surface area contributed by atoms with Crippen molar-refractivity contribution >= 4 is 45.9 Å². The predicted octanol–water partition coefficient (Wildman–Crippen LogP) is 3.92. The number of halogens is 2. The van der Waals surface area contributed by atoms with Crippen LogP contribution in [0.4, 0.5) is 11.6 Å². The van der Waals surface area contributed by atoms with Crippen LogP contribution >= 0.6 is 23.2 Å². The van der Waals surface area contributed by atoms with E-state index in [0.29, 0.717) is 58.8 Å². The van der Waals surface area contributed by atoms with Gasteiger partial charge in [0.15, 0.2) is 5.65 Å². The van der Waals surface area contributed by atoms with E-state index in [2.05, 4.69) is 15.3 Å². The molecule has 11 heteroatoms. The minimum atomic E-state index is -0.448. The molecule has 0 amide bonds. The summed E-state index contributed by atoms with van der Waals surface area (Å²) in [4.78, 5) is 27.4. The fourth-order valence-corrected chi connectivity index (χ4v) is 4.00. The monoisotopic (exact) mass is 515 g/mol. The number of hydrogen-bond acceptors (Lipinski definition) is 8. The van der Waals surface area contributed by atoms with Gasteiger partial charge < -0.3 is 25.4 Å². The first-order valence-corrected chi connectivity index (χ1v) is 11.5. The number of hydrogen-bond donors (Lipinski definition) is 2. The molecule has 0 radical (unpaired) electrons. The van der Waals surface area contributed by atoms with Gasteiger partial charge in [0, 0.05) is 29.4 Å². The second-order valence-corrected chi connectivity index (χ2v) is 8.12. The molecule has 0 aliphatic heterocycles. The van der Waals surface area contributed by atoms with E-state index >= 15 is 0 Å². The number of nitrogens with one attached hydrogen (secondary N) is 1. The summed E-state index contributed by atoms with van der Waals surface area (Å²) in [6, 6.07) is 14.0. The topological polar surface area (TPSA) is 114 Å². The third-order valence-corrected chi connectivity index (χ3v) is 5.62. The van der Waals surface area contributed by atoms with E-state index in [1.165, 1.54) is 7.11 Å². The molecule has 4 rings (SSSR count). The number of pyridine rings is 1. The van der Waals surface area contributed by atoms with Crippen molar-refractivity contribution in [3.8, 4) is 16.9 Å². The average molecular weight is 516 g/mol. The Hall–Kier alpha value is -3.37. The van der Waals surface area contributed by atoms with Crippen molar-refractivity contribution in [1.82, 2.24) is 14.7 Å². The molecular weight excluding hydrogens is 493 g/mol. The smallest absolute Gasteiger partial charge is 0.293 e. The number of nitrogens with two attached hydrogens (primary N) is 1. The molecule has 0 aliphatic carbocycles. The van der Waals surface area contributed by atoms with Gasteiger partial charge in [-0.2, -0.15) is 4.98 Å². The van der Waals surface area contributed by atoms with Crippen LogP contribution in [-0.2, 0) is 4.74 Å². The first-order valence-electron chi connectivity index (χ1n) is 10.7. The summed E-state index contributed by atoms with van der Waals surface area (Å²) in [5.74, 6) is 0.986. The first kappa shape index (κ1) is 24.7. The molecule has 2 aromatic carbocycles. The minimum Gasteiger partial charge on any atom is -0.491 e. The van der Waals surface area contributed by atoms with Crippen LogP contribution in [-0.4, -0.2) is 48.2 Å². The van der Waals surface area contributed by atoms with Gasteiger partial charge in [0.25, 0.3) is 5.56 Å². The number of benzene rings is 2. The van der Waals surface area contributed by atoms with Crippen LogP contribution in [0.1, 0.15) is 0 Å². The Morgan fingerprint density at radius 2 is 1.80 bits per heavy atom. The van der Waals surface area contributed by atoms with E-state index in [4.69, 9.17) is 43.2 Å². The van der Waals surface area contributed by atoms with Gasteiger partial charge in [-0.15, -0.1) is 4.73 Å². The van der Waals surface area contributed by atoms with Crippen molar-refractivity contribution in [2.24, 2.45) is 5.73 Å². The van der Waals surface area contributed by atoms with E-state index in [-0.39, 0.29) is 11.5 Å². The van der Waals surface area contributed by atoms with Crippen LogP contribution in [0.25, 0.3) is 22.2 Å². The Morgan fingerprint density at radius 1 is 1.06 bits per heavy atom. The van der Waals surface area contributed by atoms with Crippen LogP contribution in [0.3, 0.4) is 0 Å². The molecule has 0 spiro atoms. The molecule has 0 bridgehead atoms. The highest BCUT2D eigenvalue weighted by atomic mass is 35.5.